The van der Waals surface area contributed by atoms with Crippen molar-refractivity contribution in [2.24, 2.45) is 5.92 Å². The van der Waals surface area contributed by atoms with Gasteiger partial charge in [0.05, 0.1) is 11.3 Å². The minimum atomic E-state index is -0.0812. The molecule has 3 heterocycles. The number of carbonyl (C=O) groups excluding carboxylic acids is 1. The summed E-state index contributed by atoms with van der Waals surface area (Å²) >= 11 is 0. The lowest BCUT2D eigenvalue weighted by atomic mass is 9.96. The fraction of sp³-hybridized carbons (Fsp3) is 0.435. The average molecular weight is 393 g/mol. The van der Waals surface area contributed by atoms with Gasteiger partial charge >= 0.3 is 0 Å². The lowest BCUT2D eigenvalue weighted by Gasteiger charge is -2.33. The van der Waals surface area contributed by atoms with Crippen molar-refractivity contribution >= 4 is 28.5 Å². The number of aromatic nitrogens is 2. The zero-order valence-corrected chi connectivity index (χ0v) is 17.8. The molecule has 2 aromatic heterocycles. The van der Waals surface area contributed by atoms with Gasteiger partial charge in [-0.2, -0.15) is 4.98 Å². The second-order valence-corrected chi connectivity index (χ2v) is 8.08. The van der Waals surface area contributed by atoms with Crippen molar-refractivity contribution in [3.63, 3.8) is 0 Å². The molecule has 1 aliphatic rings. The van der Waals surface area contributed by atoms with E-state index in [0.29, 0.717) is 18.1 Å². The van der Waals surface area contributed by atoms with Gasteiger partial charge in [-0.15, -0.1) is 0 Å². The lowest BCUT2D eigenvalue weighted by molar-refractivity contribution is -0.120. The van der Waals surface area contributed by atoms with Crippen molar-refractivity contribution in [3.8, 4) is 0 Å². The van der Waals surface area contributed by atoms with Crippen molar-refractivity contribution in [1.29, 1.82) is 0 Å². The number of hydrogen-bond donors (Lipinski definition) is 1. The molecule has 4 rings (SSSR count). The first-order valence-corrected chi connectivity index (χ1v) is 10.2. The highest BCUT2D eigenvalue weighted by Crippen LogP contribution is 2.33. The molecule has 6 nitrogen and oxygen atoms in total. The number of nitrogens with one attached hydrogen (secondary N) is 1. The summed E-state index contributed by atoms with van der Waals surface area (Å²) in [7, 11) is 0. The van der Waals surface area contributed by atoms with Crippen LogP contribution in [-0.2, 0) is 4.79 Å². The molecule has 0 spiro atoms. The minimum Gasteiger partial charge on any atom is -0.443 e. The Hall–Kier alpha value is -2.89. The molecule has 1 aromatic carbocycles. The van der Waals surface area contributed by atoms with Gasteiger partial charge < -0.3 is 14.6 Å². The Morgan fingerprint density at radius 1 is 1.14 bits per heavy atom. The zero-order chi connectivity index (χ0) is 20.7. The quantitative estimate of drug-likeness (QED) is 0.704. The molecule has 0 bridgehead atoms. The van der Waals surface area contributed by atoms with E-state index in [0.717, 1.165) is 53.2 Å². The van der Waals surface area contributed by atoms with Crippen LogP contribution in [0.25, 0.3) is 11.1 Å². The maximum absolute atomic E-state index is 13.0. The maximum atomic E-state index is 13.0. The third-order valence-corrected chi connectivity index (χ3v) is 6.08. The van der Waals surface area contributed by atoms with Crippen LogP contribution in [0.5, 0.6) is 0 Å². The lowest BCUT2D eigenvalue weighted by Crippen LogP contribution is -2.41. The molecule has 1 fully saturated rings. The van der Waals surface area contributed by atoms with Crippen LogP contribution < -0.4 is 10.2 Å². The van der Waals surface area contributed by atoms with Crippen LogP contribution in [0.4, 0.5) is 11.5 Å². The first kappa shape index (κ1) is 19.4. The largest absolute Gasteiger partial charge is 0.443 e. The maximum Gasteiger partial charge on any atom is 0.231 e. The highest BCUT2D eigenvalue weighted by Gasteiger charge is 2.29. The second-order valence-electron chi connectivity index (χ2n) is 8.08. The summed E-state index contributed by atoms with van der Waals surface area (Å²) in [5.74, 6) is 2.42. The normalized spacial score (nSPS) is 17.0. The molecule has 1 N–H and O–H groups in total. The van der Waals surface area contributed by atoms with Gasteiger partial charge in [-0.25, -0.2) is 4.98 Å². The van der Waals surface area contributed by atoms with Gasteiger partial charge in [0.2, 0.25) is 11.6 Å². The van der Waals surface area contributed by atoms with Gasteiger partial charge in [-0.1, -0.05) is 12.1 Å². The number of hydrogen-bond acceptors (Lipinski definition) is 5. The van der Waals surface area contributed by atoms with E-state index >= 15 is 0 Å². The van der Waals surface area contributed by atoms with E-state index in [2.05, 4.69) is 28.2 Å². The summed E-state index contributed by atoms with van der Waals surface area (Å²) in [6.07, 6.45) is 1.83. The Morgan fingerprint density at radius 3 is 2.72 bits per heavy atom. The molecule has 1 amide bonds. The number of carbonyl (C=O) groups is 1. The first-order chi connectivity index (χ1) is 13.8. The van der Waals surface area contributed by atoms with Crippen LogP contribution in [0.3, 0.4) is 0 Å². The number of benzene rings is 1. The summed E-state index contributed by atoms with van der Waals surface area (Å²) in [6, 6.07) is 6.01. The first-order valence-electron chi connectivity index (χ1n) is 10.2. The number of fused-ring (bicyclic) bond motifs is 1. The minimum absolute atomic E-state index is 0.0746. The van der Waals surface area contributed by atoms with Gasteiger partial charge in [0.15, 0.2) is 0 Å². The number of amides is 1. The number of anilines is 2. The van der Waals surface area contributed by atoms with Crippen LogP contribution in [0.1, 0.15) is 41.1 Å². The molecule has 6 heteroatoms. The molecule has 152 valence electrons. The number of rotatable bonds is 3. The van der Waals surface area contributed by atoms with E-state index in [9.17, 15) is 4.79 Å². The van der Waals surface area contributed by atoms with Crippen molar-refractivity contribution in [1.82, 2.24) is 9.97 Å². The number of piperidine rings is 1. The summed E-state index contributed by atoms with van der Waals surface area (Å²) < 4.78 is 5.83. The monoisotopic (exact) mass is 392 g/mol. The van der Waals surface area contributed by atoms with Crippen LogP contribution in [-0.4, -0.2) is 29.0 Å². The Bertz CT molecular complexity index is 1090. The fourth-order valence-corrected chi connectivity index (χ4v) is 4.07. The number of furan rings is 1. The second kappa shape index (κ2) is 7.50. The van der Waals surface area contributed by atoms with Gasteiger partial charge in [0, 0.05) is 24.3 Å². The molecule has 0 radical (unpaired) electrons. The van der Waals surface area contributed by atoms with E-state index in [1.165, 1.54) is 5.56 Å². The molecule has 0 aliphatic carbocycles. The molecule has 29 heavy (non-hydrogen) atoms. The molecule has 0 saturated carbocycles. The molecular weight excluding hydrogens is 364 g/mol. The summed E-state index contributed by atoms with van der Waals surface area (Å²) in [6.45, 7) is 11.5. The fourth-order valence-electron chi connectivity index (χ4n) is 4.07. The van der Waals surface area contributed by atoms with E-state index in [-0.39, 0.29) is 11.8 Å². The standard InChI is InChI=1S/C23H28N4O2/c1-13-8-6-10-19(14(13)2)26-22(28)18-9-7-11-27(12-18)21-20-15(3)16(4)29-23(20)25-17(5)24-21/h6,8,10,18H,7,9,11-12H2,1-5H3,(H,26,28)/t18-/m0/s1. The van der Waals surface area contributed by atoms with Crippen molar-refractivity contribution in [2.45, 2.75) is 47.5 Å². The van der Waals surface area contributed by atoms with Gasteiger partial charge in [-0.05, 0) is 64.7 Å². The smallest absolute Gasteiger partial charge is 0.231 e. The Labute approximate surface area is 171 Å². The SMILES string of the molecule is Cc1nc(N2CCC[C@H](C(=O)Nc3cccc(C)c3C)C2)c2c(C)c(C)oc2n1. The van der Waals surface area contributed by atoms with E-state index in [4.69, 9.17) is 9.40 Å². The number of aryl methyl sites for hydroxylation is 4. The van der Waals surface area contributed by atoms with E-state index < -0.39 is 0 Å². The van der Waals surface area contributed by atoms with E-state index in [1.807, 2.05) is 39.8 Å². The molecule has 3 aromatic rings. The zero-order valence-electron chi connectivity index (χ0n) is 17.8. The van der Waals surface area contributed by atoms with Crippen molar-refractivity contribution in [2.75, 3.05) is 23.3 Å². The predicted molar refractivity (Wildman–Crippen MR) is 115 cm³/mol. The van der Waals surface area contributed by atoms with E-state index in [1.54, 1.807) is 0 Å². The molecular formula is C23H28N4O2. The van der Waals surface area contributed by atoms with Crippen LogP contribution >= 0.6 is 0 Å². The van der Waals surface area contributed by atoms with Crippen LogP contribution in [0.2, 0.25) is 0 Å². The average Bonchev–Trinajstić information content (AvgIpc) is 2.98. The molecule has 0 unspecified atom stereocenters. The third-order valence-electron chi connectivity index (χ3n) is 6.08. The Kier molecular flexibility index (Phi) is 5.03. The third kappa shape index (κ3) is 3.59. The molecule has 1 aliphatic heterocycles. The highest BCUT2D eigenvalue weighted by atomic mass is 16.3. The van der Waals surface area contributed by atoms with Crippen molar-refractivity contribution in [3.05, 3.63) is 46.5 Å². The Morgan fingerprint density at radius 2 is 1.93 bits per heavy atom. The predicted octanol–water partition coefficient (Wildman–Crippen LogP) is 4.62. The van der Waals surface area contributed by atoms with Crippen LogP contribution in [0.15, 0.2) is 22.6 Å². The molecule has 1 saturated heterocycles. The van der Waals surface area contributed by atoms with Crippen LogP contribution in [0, 0.1) is 40.5 Å². The summed E-state index contributed by atoms with van der Waals surface area (Å²) in [5, 5.41) is 4.10. The highest BCUT2D eigenvalue weighted by molar-refractivity contribution is 5.95. The summed E-state index contributed by atoms with van der Waals surface area (Å²) in [5.41, 5.74) is 4.89. The Balaban J connectivity index is 1.60. The van der Waals surface area contributed by atoms with Gasteiger partial charge in [0.25, 0.3) is 0 Å². The molecule has 1 atom stereocenters. The van der Waals surface area contributed by atoms with Gasteiger partial charge in [-0.3, -0.25) is 4.79 Å². The topological polar surface area (TPSA) is 71.3 Å². The summed E-state index contributed by atoms with van der Waals surface area (Å²) in [4.78, 5) is 24.4. The number of nitrogens with zero attached hydrogens (tertiary/aromatic N) is 3. The van der Waals surface area contributed by atoms with Gasteiger partial charge in [0.1, 0.15) is 17.4 Å². The van der Waals surface area contributed by atoms with Crippen molar-refractivity contribution < 1.29 is 9.21 Å².